The maximum absolute atomic E-state index is 12.0. The number of halogens is 2. The van der Waals surface area contributed by atoms with Crippen LogP contribution in [0.15, 0.2) is 53.7 Å². The van der Waals surface area contributed by atoms with Gasteiger partial charge in [0.05, 0.1) is 12.8 Å². The van der Waals surface area contributed by atoms with Crippen LogP contribution < -0.4 is 15.4 Å². The van der Waals surface area contributed by atoms with Gasteiger partial charge in [-0.15, -0.1) is 24.8 Å². The Hall–Kier alpha value is -2.24. The fourth-order valence-electron chi connectivity index (χ4n) is 3.97. The standard InChI is InChI=1S/C21H26N6O3S.2ClH/c1-30-19-11-10-17(27-21(24-25-26-27)31(2,28)29)13-16(19)14-23-18-9-6-12-22-20(18)15-7-4-3-5-8-15;;/h3-5,7-8,10-11,13,18,20,22-23H,6,9,12,14H2,1-2H3;2*1H/t18-,20-;;/m0../s1. The summed E-state index contributed by atoms with van der Waals surface area (Å²) in [6, 6.07) is 16.3. The zero-order valence-corrected chi connectivity index (χ0v) is 20.8. The summed E-state index contributed by atoms with van der Waals surface area (Å²) in [4.78, 5) is 0. The molecule has 1 saturated heterocycles. The van der Waals surface area contributed by atoms with E-state index in [1.54, 1.807) is 19.2 Å². The molecule has 0 spiro atoms. The third kappa shape index (κ3) is 6.21. The second kappa shape index (κ2) is 11.8. The number of methoxy groups -OCH3 is 1. The number of aromatic nitrogens is 4. The van der Waals surface area contributed by atoms with Crippen LogP contribution in [0, 0.1) is 0 Å². The van der Waals surface area contributed by atoms with Gasteiger partial charge in [-0.1, -0.05) is 35.4 Å². The van der Waals surface area contributed by atoms with Gasteiger partial charge >= 0.3 is 0 Å². The predicted molar refractivity (Wildman–Crippen MR) is 130 cm³/mol. The first-order valence-corrected chi connectivity index (χ1v) is 12.0. The average molecular weight is 515 g/mol. The van der Waals surface area contributed by atoms with E-state index in [1.807, 2.05) is 12.1 Å². The Morgan fingerprint density at radius 3 is 2.64 bits per heavy atom. The molecule has 2 atom stereocenters. The van der Waals surface area contributed by atoms with Gasteiger partial charge in [0.2, 0.25) is 9.84 Å². The van der Waals surface area contributed by atoms with Crippen LogP contribution in [0.4, 0.5) is 0 Å². The molecule has 0 unspecified atom stereocenters. The van der Waals surface area contributed by atoms with Crippen molar-refractivity contribution in [1.29, 1.82) is 0 Å². The molecular formula is C21H28Cl2N6O3S. The van der Waals surface area contributed by atoms with E-state index in [9.17, 15) is 8.42 Å². The number of hydrogen-bond acceptors (Lipinski definition) is 8. The first kappa shape index (κ1) is 27.0. The van der Waals surface area contributed by atoms with Crippen LogP contribution in [0.2, 0.25) is 0 Å². The topological polar surface area (TPSA) is 111 Å². The highest BCUT2D eigenvalue weighted by molar-refractivity contribution is 7.90. The maximum atomic E-state index is 12.0. The molecule has 0 amide bonds. The molecule has 2 aromatic carbocycles. The number of ether oxygens (including phenoxy) is 1. The van der Waals surface area contributed by atoms with Crippen molar-refractivity contribution < 1.29 is 13.2 Å². The number of tetrazole rings is 1. The molecule has 0 radical (unpaired) electrons. The van der Waals surface area contributed by atoms with Crippen molar-refractivity contribution in [3.05, 3.63) is 59.7 Å². The second-order valence-electron chi connectivity index (χ2n) is 7.61. The zero-order valence-electron chi connectivity index (χ0n) is 18.3. The van der Waals surface area contributed by atoms with Crippen LogP contribution >= 0.6 is 24.8 Å². The normalized spacial score (nSPS) is 18.1. The van der Waals surface area contributed by atoms with E-state index >= 15 is 0 Å². The fraction of sp³-hybridized carbons (Fsp3) is 0.381. The van der Waals surface area contributed by atoms with Crippen LogP contribution in [0.5, 0.6) is 5.75 Å². The highest BCUT2D eigenvalue weighted by atomic mass is 35.5. The molecule has 33 heavy (non-hydrogen) atoms. The molecule has 2 N–H and O–H groups in total. The molecule has 0 aliphatic carbocycles. The highest BCUT2D eigenvalue weighted by Crippen LogP contribution is 2.26. The molecule has 3 aromatic rings. The minimum Gasteiger partial charge on any atom is -0.496 e. The van der Waals surface area contributed by atoms with E-state index in [0.717, 1.165) is 31.2 Å². The summed E-state index contributed by atoms with van der Waals surface area (Å²) in [5.41, 5.74) is 2.71. The summed E-state index contributed by atoms with van der Waals surface area (Å²) in [5.74, 6) is 0.713. The first-order chi connectivity index (χ1) is 15.0. The van der Waals surface area contributed by atoms with Crippen LogP contribution in [-0.4, -0.2) is 54.6 Å². The quantitative estimate of drug-likeness (QED) is 0.494. The molecule has 1 fully saturated rings. The number of nitrogens with one attached hydrogen (secondary N) is 2. The lowest BCUT2D eigenvalue weighted by Crippen LogP contribution is -2.45. The maximum Gasteiger partial charge on any atom is 0.272 e. The number of benzene rings is 2. The molecule has 180 valence electrons. The van der Waals surface area contributed by atoms with Crippen molar-refractivity contribution in [2.75, 3.05) is 19.9 Å². The Morgan fingerprint density at radius 1 is 1.18 bits per heavy atom. The van der Waals surface area contributed by atoms with E-state index in [1.165, 1.54) is 10.2 Å². The van der Waals surface area contributed by atoms with Gasteiger partial charge in [-0.2, -0.15) is 4.68 Å². The molecule has 2 heterocycles. The Labute approximate surface area is 206 Å². The van der Waals surface area contributed by atoms with E-state index in [4.69, 9.17) is 4.74 Å². The Kier molecular flexibility index (Phi) is 9.62. The van der Waals surface area contributed by atoms with Gasteiger partial charge in [0, 0.05) is 30.4 Å². The molecule has 9 nitrogen and oxygen atoms in total. The summed E-state index contributed by atoms with van der Waals surface area (Å²) >= 11 is 0. The first-order valence-electron chi connectivity index (χ1n) is 10.1. The van der Waals surface area contributed by atoms with Crippen molar-refractivity contribution in [2.24, 2.45) is 0 Å². The lowest BCUT2D eigenvalue weighted by Gasteiger charge is -2.34. The summed E-state index contributed by atoms with van der Waals surface area (Å²) in [5, 5.41) is 18.1. The Bertz CT molecular complexity index is 1140. The SMILES string of the molecule is COc1ccc(-n2nnnc2S(C)(=O)=O)cc1CN[C@H]1CCCN[C@H]1c1ccccc1.Cl.Cl. The molecule has 1 aliphatic rings. The van der Waals surface area contributed by atoms with Gasteiger partial charge in [0.1, 0.15) is 5.75 Å². The van der Waals surface area contributed by atoms with E-state index in [0.29, 0.717) is 18.0 Å². The van der Waals surface area contributed by atoms with Gasteiger partial charge in [-0.25, -0.2) is 8.42 Å². The number of nitrogens with zero attached hydrogens (tertiary/aromatic N) is 4. The van der Waals surface area contributed by atoms with Gasteiger partial charge in [0.25, 0.3) is 5.16 Å². The summed E-state index contributed by atoms with van der Waals surface area (Å²) < 4.78 is 30.7. The monoisotopic (exact) mass is 514 g/mol. The average Bonchev–Trinajstić information content (AvgIpc) is 3.29. The predicted octanol–water partition coefficient (Wildman–Crippen LogP) is 2.50. The van der Waals surface area contributed by atoms with Crippen molar-refractivity contribution in [1.82, 2.24) is 30.8 Å². The molecule has 4 rings (SSSR count). The molecule has 1 aromatic heterocycles. The molecule has 1 aliphatic heterocycles. The second-order valence-corrected chi connectivity index (χ2v) is 9.52. The molecular weight excluding hydrogens is 487 g/mol. The number of hydrogen-bond donors (Lipinski definition) is 2. The minimum absolute atomic E-state index is 0. The summed E-state index contributed by atoms with van der Waals surface area (Å²) in [7, 11) is -1.94. The third-order valence-corrected chi connectivity index (χ3v) is 6.37. The van der Waals surface area contributed by atoms with Gasteiger partial charge in [-0.05, 0) is 53.6 Å². The summed E-state index contributed by atoms with van der Waals surface area (Å²) in [6.45, 7) is 1.55. The van der Waals surface area contributed by atoms with Gasteiger partial charge in [-0.3, -0.25) is 0 Å². The zero-order chi connectivity index (χ0) is 21.8. The number of rotatable bonds is 7. The lowest BCUT2D eigenvalue weighted by atomic mass is 9.92. The fourth-order valence-corrected chi connectivity index (χ4v) is 4.61. The van der Waals surface area contributed by atoms with E-state index in [2.05, 4.69) is 50.4 Å². The van der Waals surface area contributed by atoms with Crippen LogP contribution in [0.1, 0.15) is 30.0 Å². The molecule has 0 saturated carbocycles. The van der Waals surface area contributed by atoms with Crippen molar-refractivity contribution in [3.63, 3.8) is 0 Å². The van der Waals surface area contributed by atoms with E-state index < -0.39 is 9.84 Å². The van der Waals surface area contributed by atoms with E-state index in [-0.39, 0.29) is 42.1 Å². The molecule has 0 bridgehead atoms. The van der Waals surface area contributed by atoms with Crippen molar-refractivity contribution >= 4 is 34.7 Å². The molecule has 12 heteroatoms. The lowest BCUT2D eigenvalue weighted by molar-refractivity contribution is 0.303. The third-order valence-electron chi connectivity index (χ3n) is 5.45. The Morgan fingerprint density at radius 2 is 1.94 bits per heavy atom. The smallest absolute Gasteiger partial charge is 0.272 e. The van der Waals surface area contributed by atoms with Crippen LogP contribution in [0.3, 0.4) is 0 Å². The summed E-state index contributed by atoms with van der Waals surface area (Å²) in [6.07, 6.45) is 3.24. The number of piperidine rings is 1. The van der Waals surface area contributed by atoms with Gasteiger partial charge < -0.3 is 15.4 Å². The largest absolute Gasteiger partial charge is 0.496 e. The highest BCUT2D eigenvalue weighted by Gasteiger charge is 2.26. The van der Waals surface area contributed by atoms with Crippen molar-refractivity contribution in [2.45, 2.75) is 36.6 Å². The number of sulfone groups is 1. The Balaban J connectivity index is 0.00000193. The van der Waals surface area contributed by atoms with Crippen LogP contribution in [-0.2, 0) is 16.4 Å². The van der Waals surface area contributed by atoms with Crippen molar-refractivity contribution in [3.8, 4) is 11.4 Å². The van der Waals surface area contributed by atoms with Gasteiger partial charge in [0.15, 0.2) is 0 Å². The minimum atomic E-state index is -3.56. The van der Waals surface area contributed by atoms with Crippen LogP contribution in [0.25, 0.3) is 5.69 Å².